The van der Waals surface area contributed by atoms with E-state index >= 15 is 0 Å². The quantitative estimate of drug-likeness (QED) is 0.746. The van der Waals surface area contributed by atoms with Gasteiger partial charge in [-0.1, -0.05) is 19.1 Å². The Hall–Kier alpha value is -1.06. The molecule has 1 rings (SSSR count). The van der Waals surface area contributed by atoms with Gasteiger partial charge in [-0.2, -0.15) is 0 Å². The Morgan fingerprint density at radius 1 is 1.33 bits per heavy atom. The number of aryl methyl sites for hydroxylation is 1. The van der Waals surface area contributed by atoms with Crippen molar-refractivity contribution in [2.45, 2.75) is 33.7 Å². The minimum Gasteiger partial charge on any atom is -0.494 e. The molecule has 0 radical (unpaired) electrons. The van der Waals surface area contributed by atoms with Gasteiger partial charge in [-0.05, 0) is 43.4 Å². The van der Waals surface area contributed by atoms with Gasteiger partial charge < -0.3 is 15.2 Å². The van der Waals surface area contributed by atoms with Crippen LogP contribution in [0.3, 0.4) is 0 Å². The van der Waals surface area contributed by atoms with Crippen LogP contribution in [-0.2, 0) is 6.54 Å². The molecule has 0 bridgehead atoms. The second kappa shape index (κ2) is 8.11. The number of benzene rings is 1. The predicted octanol–water partition coefficient (Wildman–Crippen LogP) is 2.50. The third kappa shape index (κ3) is 4.67. The highest BCUT2D eigenvalue weighted by Crippen LogP contribution is 2.19. The van der Waals surface area contributed by atoms with E-state index < -0.39 is 0 Å². The maximum absolute atomic E-state index is 9.11. The van der Waals surface area contributed by atoms with Gasteiger partial charge in [0.2, 0.25) is 0 Å². The Kier molecular flexibility index (Phi) is 6.76. The standard InChI is InChI=1S/C15H25NO2/c1-4-13(11-17)9-16-10-14-6-7-15(18-5-2)12(3)8-14/h6-8,13,16-17H,4-5,9-11H2,1-3H3. The van der Waals surface area contributed by atoms with E-state index in [1.54, 1.807) is 0 Å². The number of aliphatic hydroxyl groups is 1. The third-order valence-electron chi connectivity index (χ3n) is 3.14. The molecule has 0 aliphatic carbocycles. The first kappa shape index (κ1) is 15.0. The second-order valence-electron chi connectivity index (χ2n) is 4.62. The maximum Gasteiger partial charge on any atom is 0.122 e. The molecule has 0 heterocycles. The van der Waals surface area contributed by atoms with Gasteiger partial charge in [-0.25, -0.2) is 0 Å². The number of ether oxygens (including phenoxy) is 1. The van der Waals surface area contributed by atoms with Crippen molar-refractivity contribution in [3.8, 4) is 5.75 Å². The Bertz CT molecular complexity index is 348. The Balaban J connectivity index is 2.45. The van der Waals surface area contributed by atoms with E-state index in [2.05, 4.69) is 31.3 Å². The lowest BCUT2D eigenvalue weighted by molar-refractivity contribution is 0.218. The van der Waals surface area contributed by atoms with Crippen LogP contribution in [0, 0.1) is 12.8 Å². The molecule has 0 saturated carbocycles. The van der Waals surface area contributed by atoms with E-state index in [4.69, 9.17) is 9.84 Å². The molecule has 0 fully saturated rings. The summed E-state index contributed by atoms with van der Waals surface area (Å²) >= 11 is 0. The first-order valence-corrected chi connectivity index (χ1v) is 6.75. The number of rotatable bonds is 8. The molecule has 3 heteroatoms. The lowest BCUT2D eigenvalue weighted by atomic mass is 10.1. The molecular weight excluding hydrogens is 226 g/mol. The van der Waals surface area contributed by atoms with Crippen molar-refractivity contribution in [3.05, 3.63) is 29.3 Å². The maximum atomic E-state index is 9.11. The van der Waals surface area contributed by atoms with Gasteiger partial charge in [-0.15, -0.1) is 0 Å². The fraction of sp³-hybridized carbons (Fsp3) is 0.600. The molecule has 1 atom stereocenters. The molecule has 0 spiro atoms. The molecule has 0 aliphatic heterocycles. The highest BCUT2D eigenvalue weighted by atomic mass is 16.5. The second-order valence-corrected chi connectivity index (χ2v) is 4.62. The third-order valence-corrected chi connectivity index (χ3v) is 3.14. The van der Waals surface area contributed by atoms with Gasteiger partial charge >= 0.3 is 0 Å². The average molecular weight is 251 g/mol. The fourth-order valence-corrected chi connectivity index (χ4v) is 1.90. The first-order chi connectivity index (χ1) is 8.71. The summed E-state index contributed by atoms with van der Waals surface area (Å²) in [5, 5.41) is 12.5. The van der Waals surface area contributed by atoms with Crippen molar-refractivity contribution in [2.24, 2.45) is 5.92 Å². The zero-order chi connectivity index (χ0) is 13.4. The summed E-state index contributed by atoms with van der Waals surface area (Å²) < 4.78 is 5.52. The van der Waals surface area contributed by atoms with Crippen molar-refractivity contribution in [1.29, 1.82) is 0 Å². The molecule has 2 N–H and O–H groups in total. The molecule has 18 heavy (non-hydrogen) atoms. The molecule has 102 valence electrons. The van der Waals surface area contributed by atoms with Crippen molar-refractivity contribution in [2.75, 3.05) is 19.8 Å². The molecule has 0 amide bonds. The summed E-state index contributed by atoms with van der Waals surface area (Å²) in [6, 6.07) is 6.27. The highest BCUT2D eigenvalue weighted by Gasteiger charge is 2.04. The lowest BCUT2D eigenvalue weighted by Crippen LogP contribution is -2.24. The topological polar surface area (TPSA) is 41.5 Å². The molecule has 3 nitrogen and oxygen atoms in total. The minimum atomic E-state index is 0.256. The number of nitrogens with one attached hydrogen (secondary N) is 1. The van der Waals surface area contributed by atoms with Crippen LogP contribution in [0.25, 0.3) is 0 Å². The summed E-state index contributed by atoms with van der Waals surface area (Å²) in [6.45, 7) is 8.82. The summed E-state index contributed by atoms with van der Waals surface area (Å²) in [4.78, 5) is 0. The SMILES string of the molecule is CCOc1ccc(CNCC(CC)CO)cc1C. The summed E-state index contributed by atoms with van der Waals surface area (Å²) in [6.07, 6.45) is 1.01. The van der Waals surface area contributed by atoms with Crippen LogP contribution in [0.2, 0.25) is 0 Å². The van der Waals surface area contributed by atoms with Crippen LogP contribution in [0.1, 0.15) is 31.4 Å². The van der Waals surface area contributed by atoms with E-state index in [0.717, 1.165) is 25.3 Å². The van der Waals surface area contributed by atoms with Crippen LogP contribution in [0.4, 0.5) is 0 Å². The van der Waals surface area contributed by atoms with E-state index in [1.165, 1.54) is 11.1 Å². The van der Waals surface area contributed by atoms with E-state index in [0.29, 0.717) is 12.5 Å². The molecule has 0 aliphatic rings. The fourth-order valence-electron chi connectivity index (χ4n) is 1.90. The van der Waals surface area contributed by atoms with Gasteiger partial charge in [-0.3, -0.25) is 0 Å². The van der Waals surface area contributed by atoms with Crippen LogP contribution >= 0.6 is 0 Å². The van der Waals surface area contributed by atoms with Crippen molar-refractivity contribution < 1.29 is 9.84 Å². The van der Waals surface area contributed by atoms with Crippen LogP contribution in [0.15, 0.2) is 18.2 Å². The van der Waals surface area contributed by atoms with Gasteiger partial charge in [0, 0.05) is 19.7 Å². The minimum absolute atomic E-state index is 0.256. The summed E-state index contributed by atoms with van der Waals surface area (Å²) in [5.41, 5.74) is 2.43. The summed E-state index contributed by atoms with van der Waals surface area (Å²) in [7, 11) is 0. The monoisotopic (exact) mass is 251 g/mol. The summed E-state index contributed by atoms with van der Waals surface area (Å²) in [5.74, 6) is 1.32. The van der Waals surface area contributed by atoms with E-state index in [1.807, 2.05) is 13.0 Å². The van der Waals surface area contributed by atoms with Gasteiger partial charge in [0.25, 0.3) is 0 Å². The molecular formula is C15H25NO2. The number of hydrogen-bond donors (Lipinski definition) is 2. The van der Waals surface area contributed by atoms with Crippen molar-refractivity contribution in [3.63, 3.8) is 0 Å². The van der Waals surface area contributed by atoms with Gasteiger partial charge in [0.1, 0.15) is 5.75 Å². The Labute approximate surface area is 110 Å². The van der Waals surface area contributed by atoms with Gasteiger partial charge in [0.05, 0.1) is 6.61 Å². The van der Waals surface area contributed by atoms with Crippen molar-refractivity contribution >= 4 is 0 Å². The smallest absolute Gasteiger partial charge is 0.122 e. The lowest BCUT2D eigenvalue weighted by Gasteiger charge is -2.13. The first-order valence-electron chi connectivity index (χ1n) is 6.75. The van der Waals surface area contributed by atoms with Crippen molar-refractivity contribution in [1.82, 2.24) is 5.32 Å². The highest BCUT2D eigenvalue weighted by molar-refractivity contribution is 5.36. The Morgan fingerprint density at radius 3 is 2.67 bits per heavy atom. The molecule has 1 aromatic carbocycles. The van der Waals surface area contributed by atoms with Crippen LogP contribution in [-0.4, -0.2) is 24.9 Å². The Morgan fingerprint density at radius 2 is 2.11 bits per heavy atom. The number of aliphatic hydroxyl groups excluding tert-OH is 1. The van der Waals surface area contributed by atoms with E-state index in [-0.39, 0.29) is 6.61 Å². The molecule has 1 unspecified atom stereocenters. The predicted molar refractivity (Wildman–Crippen MR) is 74.9 cm³/mol. The van der Waals surface area contributed by atoms with Crippen LogP contribution < -0.4 is 10.1 Å². The van der Waals surface area contributed by atoms with E-state index in [9.17, 15) is 0 Å². The van der Waals surface area contributed by atoms with Gasteiger partial charge in [0.15, 0.2) is 0 Å². The molecule has 0 saturated heterocycles. The average Bonchev–Trinajstić information content (AvgIpc) is 2.38. The molecule has 0 aromatic heterocycles. The number of hydrogen-bond acceptors (Lipinski definition) is 3. The zero-order valence-electron chi connectivity index (χ0n) is 11.7. The van der Waals surface area contributed by atoms with Crippen LogP contribution in [0.5, 0.6) is 5.75 Å². The largest absolute Gasteiger partial charge is 0.494 e. The zero-order valence-corrected chi connectivity index (χ0v) is 11.7. The molecule has 1 aromatic rings. The normalized spacial score (nSPS) is 12.4.